The molecular formula is C21H24N2O3S. The van der Waals surface area contributed by atoms with Gasteiger partial charge in [-0.2, -0.15) is 0 Å². The van der Waals surface area contributed by atoms with E-state index in [2.05, 4.69) is 35.8 Å². The van der Waals surface area contributed by atoms with Gasteiger partial charge in [0.15, 0.2) is 5.16 Å². The van der Waals surface area contributed by atoms with Crippen molar-refractivity contribution in [2.24, 2.45) is 0 Å². The topological polar surface area (TPSA) is 53.3 Å². The van der Waals surface area contributed by atoms with Gasteiger partial charge in [-0.15, -0.1) is 0 Å². The highest BCUT2D eigenvalue weighted by Crippen LogP contribution is 2.27. The average Bonchev–Trinajstić information content (AvgIpc) is 3.02. The molecule has 6 heteroatoms. The zero-order valence-electron chi connectivity index (χ0n) is 15.9. The van der Waals surface area contributed by atoms with Crippen molar-refractivity contribution in [3.05, 3.63) is 59.2 Å². The molecule has 0 N–H and O–H groups in total. The SMILES string of the molecule is CCOC(=O)c1ccc2c(c1)nc(SCc1ccc(C)cc1)n2CCOC. The van der Waals surface area contributed by atoms with Crippen LogP contribution in [0, 0.1) is 6.92 Å². The molecule has 0 radical (unpaired) electrons. The van der Waals surface area contributed by atoms with Crippen LogP contribution in [0.5, 0.6) is 0 Å². The number of thioether (sulfide) groups is 1. The Morgan fingerprint density at radius 3 is 2.67 bits per heavy atom. The van der Waals surface area contributed by atoms with Gasteiger partial charge in [0.05, 0.1) is 29.8 Å². The molecule has 0 aliphatic heterocycles. The fourth-order valence-corrected chi connectivity index (χ4v) is 3.79. The normalized spacial score (nSPS) is 11.1. The standard InChI is InChI=1S/C21H24N2O3S/c1-4-26-20(24)17-9-10-19-18(13-17)22-21(23(19)11-12-25-3)27-14-16-7-5-15(2)6-8-16/h5-10,13H,4,11-12,14H2,1-3H3. The van der Waals surface area contributed by atoms with Crippen LogP contribution in [0.2, 0.25) is 0 Å². The van der Waals surface area contributed by atoms with Crippen molar-refractivity contribution in [1.29, 1.82) is 0 Å². The molecule has 0 spiro atoms. The lowest BCUT2D eigenvalue weighted by Gasteiger charge is -2.08. The van der Waals surface area contributed by atoms with E-state index >= 15 is 0 Å². The van der Waals surface area contributed by atoms with Crippen molar-refractivity contribution in [2.75, 3.05) is 20.3 Å². The molecule has 0 fully saturated rings. The number of hydrogen-bond donors (Lipinski definition) is 0. The highest BCUT2D eigenvalue weighted by atomic mass is 32.2. The molecule has 3 aromatic rings. The number of fused-ring (bicyclic) bond motifs is 1. The summed E-state index contributed by atoms with van der Waals surface area (Å²) in [6.07, 6.45) is 0. The number of esters is 1. The van der Waals surface area contributed by atoms with Gasteiger partial charge in [-0.1, -0.05) is 41.6 Å². The lowest BCUT2D eigenvalue weighted by atomic mass is 10.2. The second-order valence-corrected chi connectivity index (χ2v) is 7.18. The molecule has 0 aliphatic carbocycles. The van der Waals surface area contributed by atoms with Crippen LogP contribution in [0.15, 0.2) is 47.6 Å². The predicted octanol–water partition coefficient (Wildman–Crippen LogP) is 4.46. The van der Waals surface area contributed by atoms with E-state index in [1.54, 1.807) is 37.9 Å². The van der Waals surface area contributed by atoms with Crippen LogP contribution in [-0.2, 0) is 21.8 Å². The van der Waals surface area contributed by atoms with Gasteiger partial charge in [0.1, 0.15) is 0 Å². The summed E-state index contributed by atoms with van der Waals surface area (Å²) in [7, 11) is 1.69. The second-order valence-electron chi connectivity index (χ2n) is 6.24. The van der Waals surface area contributed by atoms with Crippen molar-refractivity contribution in [2.45, 2.75) is 31.3 Å². The highest BCUT2D eigenvalue weighted by Gasteiger charge is 2.14. The van der Waals surface area contributed by atoms with Crippen LogP contribution in [0.3, 0.4) is 0 Å². The maximum atomic E-state index is 12.0. The number of carbonyl (C=O) groups excluding carboxylic acids is 1. The number of carbonyl (C=O) groups is 1. The Labute approximate surface area is 163 Å². The zero-order chi connectivity index (χ0) is 19.2. The quantitative estimate of drug-likeness (QED) is 0.424. The third-order valence-corrected chi connectivity index (χ3v) is 5.28. The third kappa shape index (κ3) is 4.70. The van der Waals surface area contributed by atoms with Crippen molar-refractivity contribution in [1.82, 2.24) is 9.55 Å². The van der Waals surface area contributed by atoms with Crippen molar-refractivity contribution in [3.63, 3.8) is 0 Å². The van der Waals surface area contributed by atoms with Gasteiger partial charge in [-0.3, -0.25) is 0 Å². The number of aryl methyl sites for hydroxylation is 1. The van der Waals surface area contributed by atoms with Crippen LogP contribution in [0.25, 0.3) is 11.0 Å². The highest BCUT2D eigenvalue weighted by molar-refractivity contribution is 7.98. The number of rotatable bonds is 8. The van der Waals surface area contributed by atoms with Gasteiger partial charge in [0, 0.05) is 19.4 Å². The fraction of sp³-hybridized carbons (Fsp3) is 0.333. The molecule has 0 aliphatic rings. The summed E-state index contributed by atoms with van der Waals surface area (Å²) in [5.41, 5.74) is 4.82. The van der Waals surface area contributed by atoms with E-state index in [9.17, 15) is 4.79 Å². The van der Waals surface area contributed by atoms with E-state index in [-0.39, 0.29) is 5.97 Å². The third-order valence-electron chi connectivity index (χ3n) is 4.23. The summed E-state index contributed by atoms with van der Waals surface area (Å²) in [4.78, 5) is 16.8. The molecule has 0 unspecified atom stereocenters. The minimum Gasteiger partial charge on any atom is -0.462 e. The zero-order valence-corrected chi connectivity index (χ0v) is 16.7. The van der Waals surface area contributed by atoms with Crippen LogP contribution >= 0.6 is 11.8 Å². The minimum absolute atomic E-state index is 0.320. The van der Waals surface area contributed by atoms with E-state index in [1.807, 2.05) is 6.07 Å². The lowest BCUT2D eigenvalue weighted by Crippen LogP contribution is -2.06. The molecule has 2 aromatic carbocycles. The Bertz CT molecular complexity index is 919. The van der Waals surface area contributed by atoms with E-state index in [0.717, 1.165) is 21.9 Å². The van der Waals surface area contributed by atoms with Crippen molar-refractivity contribution < 1.29 is 14.3 Å². The molecule has 0 bridgehead atoms. The Morgan fingerprint density at radius 2 is 1.96 bits per heavy atom. The Balaban J connectivity index is 1.89. The number of ether oxygens (including phenoxy) is 2. The first kappa shape index (κ1) is 19.5. The number of hydrogen-bond acceptors (Lipinski definition) is 5. The molecule has 1 heterocycles. The smallest absolute Gasteiger partial charge is 0.338 e. The molecule has 3 rings (SSSR count). The summed E-state index contributed by atoms with van der Waals surface area (Å²) in [6.45, 7) is 5.56. The summed E-state index contributed by atoms with van der Waals surface area (Å²) in [5.74, 6) is 0.515. The number of aromatic nitrogens is 2. The lowest BCUT2D eigenvalue weighted by molar-refractivity contribution is 0.0526. The molecule has 0 atom stereocenters. The minimum atomic E-state index is -0.320. The molecule has 0 saturated heterocycles. The van der Waals surface area contributed by atoms with Crippen molar-refractivity contribution in [3.8, 4) is 0 Å². The number of benzene rings is 2. The van der Waals surface area contributed by atoms with Gasteiger partial charge < -0.3 is 14.0 Å². The number of nitrogens with zero attached hydrogens (tertiary/aromatic N) is 2. The summed E-state index contributed by atoms with van der Waals surface area (Å²) < 4.78 is 12.5. The van der Waals surface area contributed by atoms with Gasteiger partial charge >= 0.3 is 5.97 Å². The van der Waals surface area contributed by atoms with Gasteiger partial charge in [-0.05, 0) is 37.6 Å². The number of imidazole rings is 1. The monoisotopic (exact) mass is 384 g/mol. The number of methoxy groups -OCH3 is 1. The van der Waals surface area contributed by atoms with Crippen LogP contribution < -0.4 is 0 Å². The largest absolute Gasteiger partial charge is 0.462 e. The summed E-state index contributed by atoms with van der Waals surface area (Å²) in [5, 5.41) is 0.920. The first-order chi connectivity index (χ1) is 13.1. The van der Waals surface area contributed by atoms with E-state index in [1.165, 1.54) is 11.1 Å². The molecular weight excluding hydrogens is 360 g/mol. The maximum Gasteiger partial charge on any atom is 0.338 e. The van der Waals surface area contributed by atoms with E-state index in [0.29, 0.717) is 25.3 Å². The Kier molecular flexibility index (Phi) is 6.53. The molecule has 1 aromatic heterocycles. The van der Waals surface area contributed by atoms with Gasteiger partial charge in [0.2, 0.25) is 0 Å². The van der Waals surface area contributed by atoms with E-state index in [4.69, 9.17) is 14.5 Å². The van der Waals surface area contributed by atoms with Crippen molar-refractivity contribution >= 4 is 28.8 Å². The maximum absolute atomic E-state index is 12.0. The summed E-state index contributed by atoms with van der Waals surface area (Å²) in [6, 6.07) is 14.0. The van der Waals surface area contributed by atoms with Gasteiger partial charge in [-0.25, -0.2) is 9.78 Å². The predicted molar refractivity (Wildman–Crippen MR) is 108 cm³/mol. The molecule has 27 heavy (non-hydrogen) atoms. The fourth-order valence-electron chi connectivity index (χ4n) is 2.79. The molecule has 5 nitrogen and oxygen atoms in total. The van der Waals surface area contributed by atoms with Crippen LogP contribution in [-0.4, -0.2) is 35.8 Å². The van der Waals surface area contributed by atoms with Crippen LogP contribution in [0.4, 0.5) is 0 Å². The van der Waals surface area contributed by atoms with Gasteiger partial charge in [0.25, 0.3) is 0 Å². The van der Waals surface area contributed by atoms with Crippen LogP contribution in [0.1, 0.15) is 28.4 Å². The first-order valence-corrected chi connectivity index (χ1v) is 9.95. The molecule has 0 amide bonds. The average molecular weight is 385 g/mol. The van der Waals surface area contributed by atoms with E-state index < -0.39 is 0 Å². The second kappa shape index (κ2) is 9.06. The first-order valence-electron chi connectivity index (χ1n) is 8.97. The Hall–Kier alpha value is -2.31. The molecule has 0 saturated carbocycles. The molecule has 142 valence electrons. The Morgan fingerprint density at radius 1 is 1.19 bits per heavy atom. The summed E-state index contributed by atoms with van der Waals surface area (Å²) >= 11 is 1.69.